The fourth-order valence-electron chi connectivity index (χ4n) is 3.39. The smallest absolute Gasteiger partial charge is 0.257 e. The first-order valence-electron chi connectivity index (χ1n) is 10.4. The number of nitrogens with zero attached hydrogens (tertiary/aromatic N) is 2. The van der Waals surface area contributed by atoms with Crippen molar-refractivity contribution in [2.75, 3.05) is 5.32 Å². The lowest BCUT2D eigenvalue weighted by molar-refractivity contribution is 0.102. The van der Waals surface area contributed by atoms with Crippen molar-refractivity contribution in [3.05, 3.63) is 87.9 Å². The average Bonchev–Trinajstić information content (AvgIpc) is 3.25. The third kappa shape index (κ3) is 5.11. The fourth-order valence-corrected chi connectivity index (χ4v) is 6.43. The molecular formula is C24H21Cl2N3O3S2. The van der Waals surface area contributed by atoms with Crippen LogP contribution in [0, 0.1) is 0 Å². The maximum absolute atomic E-state index is 13.3. The van der Waals surface area contributed by atoms with Crippen molar-refractivity contribution in [2.24, 2.45) is 0 Å². The molecule has 1 N–H and O–H groups in total. The van der Waals surface area contributed by atoms with Crippen LogP contribution in [0.15, 0.2) is 71.6 Å². The standard InChI is InChI=1S/C24H21Cl2N3O3S2/c1-15(2)29(14-16-6-4-3-5-7-16)34(31,32)18-10-8-17(9-11-18)23(30)28-24-27-21-19(25)12-13-20(26)22(21)33-24/h3-13,15H,14H2,1-2H3,(H,27,28,30). The summed E-state index contributed by atoms with van der Waals surface area (Å²) in [4.78, 5) is 17.2. The van der Waals surface area contributed by atoms with E-state index in [-0.39, 0.29) is 17.5 Å². The average molecular weight is 534 g/mol. The van der Waals surface area contributed by atoms with Crippen LogP contribution in [0.2, 0.25) is 10.0 Å². The molecule has 6 nitrogen and oxygen atoms in total. The molecule has 3 aromatic carbocycles. The number of amides is 1. The van der Waals surface area contributed by atoms with Crippen molar-refractivity contribution < 1.29 is 13.2 Å². The Balaban J connectivity index is 1.54. The van der Waals surface area contributed by atoms with E-state index in [4.69, 9.17) is 23.2 Å². The number of hydrogen-bond acceptors (Lipinski definition) is 5. The van der Waals surface area contributed by atoms with Crippen LogP contribution < -0.4 is 5.32 Å². The van der Waals surface area contributed by atoms with Crippen molar-refractivity contribution in [2.45, 2.75) is 31.3 Å². The highest BCUT2D eigenvalue weighted by Crippen LogP contribution is 2.36. The lowest BCUT2D eigenvalue weighted by Crippen LogP contribution is -2.36. The molecule has 0 aliphatic carbocycles. The summed E-state index contributed by atoms with van der Waals surface area (Å²) in [6.07, 6.45) is 0. The third-order valence-electron chi connectivity index (χ3n) is 5.15. The van der Waals surface area contributed by atoms with E-state index in [0.29, 0.717) is 31.0 Å². The van der Waals surface area contributed by atoms with Gasteiger partial charge in [0, 0.05) is 18.2 Å². The molecule has 0 saturated carbocycles. The van der Waals surface area contributed by atoms with Gasteiger partial charge in [0.25, 0.3) is 5.91 Å². The number of thiazole rings is 1. The molecule has 0 aliphatic rings. The molecule has 0 saturated heterocycles. The number of carbonyl (C=O) groups excluding carboxylic acids is 1. The molecule has 176 valence electrons. The molecule has 0 spiro atoms. The number of rotatable bonds is 7. The highest BCUT2D eigenvalue weighted by molar-refractivity contribution is 7.89. The molecule has 34 heavy (non-hydrogen) atoms. The van der Waals surface area contributed by atoms with Gasteiger partial charge in [0.1, 0.15) is 5.52 Å². The molecule has 0 radical (unpaired) electrons. The number of fused-ring (bicyclic) bond motifs is 1. The minimum absolute atomic E-state index is 0.118. The van der Waals surface area contributed by atoms with Crippen LogP contribution in [0.4, 0.5) is 5.13 Å². The normalized spacial score (nSPS) is 11.9. The van der Waals surface area contributed by atoms with Crippen molar-refractivity contribution in [1.82, 2.24) is 9.29 Å². The van der Waals surface area contributed by atoms with Gasteiger partial charge in [-0.05, 0) is 55.8 Å². The minimum atomic E-state index is -3.76. The van der Waals surface area contributed by atoms with Gasteiger partial charge in [-0.25, -0.2) is 13.4 Å². The second-order valence-electron chi connectivity index (χ2n) is 7.83. The summed E-state index contributed by atoms with van der Waals surface area (Å²) >= 11 is 13.6. The molecule has 0 unspecified atom stereocenters. The molecule has 0 bridgehead atoms. The Labute approximate surface area is 212 Å². The molecule has 1 amide bonds. The zero-order chi connectivity index (χ0) is 24.5. The van der Waals surface area contributed by atoms with E-state index < -0.39 is 15.9 Å². The number of sulfonamides is 1. The second-order valence-corrected chi connectivity index (χ2v) is 11.5. The summed E-state index contributed by atoms with van der Waals surface area (Å²) in [5.74, 6) is -0.416. The van der Waals surface area contributed by atoms with Crippen LogP contribution in [-0.2, 0) is 16.6 Å². The number of halogens is 2. The zero-order valence-electron chi connectivity index (χ0n) is 18.3. The van der Waals surface area contributed by atoms with Crippen molar-refractivity contribution >= 4 is 65.8 Å². The molecule has 0 fully saturated rings. The Bertz CT molecular complexity index is 1400. The summed E-state index contributed by atoms with van der Waals surface area (Å²) in [5.41, 5.74) is 1.71. The lowest BCUT2D eigenvalue weighted by Gasteiger charge is -2.26. The Morgan fingerprint density at radius 1 is 1.00 bits per heavy atom. The second kappa shape index (κ2) is 10.0. The Kier molecular flexibility index (Phi) is 7.25. The quantitative estimate of drug-likeness (QED) is 0.295. The lowest BCUT2D eigenvalue weighted by atomic mass is 10.2. The Hall–Kier alpha value is -2.49. The van der Waals surface area contributed by atoms with Gasteiger partial charge in [0.05, 0.1) is 19.6 Å². The molecule has 0 atom stereocenters. The minimum Gasteiger partial charge on any atom is -0.298 e. The van der Waals surface area contributed by atoms with E-state index in [1.807, 2.05) is 44.2 Å². The van der Waals surface area contributed by atoms with Gasteiger partial charge in [-0.3, -0.25) is 10.1 Å². The van der Waals surface area contributed by atoms with Crippen molar-refractivity contribution in [3.8, 4) is 0 Å². The number of anilines is 1. The van der Waals surface area contributed by atoms with Gasteiger partial charge < -0.3 is 0 Å². The Morgan fingerprint density at radius 3 is 2.26 bits per heavy atom. The van der Waals surface area contributed by atoms with Crippen LogP contribution in [0.25, 0.3) is 10.2 Å². The summed E-state index contributed by atoms with van der Waals surface area (Å²) in [6.45, 7) is 3.92. The predicted octanol–water partition coefficient (Wildman–Crippen LogP) is 6.45. The summed E-state index contributed by atoms with van der Waals surface area (Å²) in [6, 6.07) is 18.3. The van der Waals surface area contributed by atoms with Crippen LogP contribution in [-0.4, -0.2) is 29.7 Å². The molecular weight excluding hydrogens is 513 g/mol. The topological polar surface area (TPSA) is 79.4 Å². The Morgan fingerprint density at radius 2 is 1.65 bits per heavy atom. The summed E-state index contributed by atoms with van der Waals surface area (Å²) < 4.78 is 28.7. The first-order valence-corrected chi connectivity index (χ1v) is 13.4. The van der Waals surface area contributed by atoms with E-state index in [1.165, 1.54) is 39.9 Å². The highest BCUT2D eigenvalue weighted by Gasteiger charge is 2.27. The number of hydrogen-bond donors (Lipinski definition) is 1. The van der Waals surface area contributed by atoms with E-state index in [2.05, 4.69) is 10.3 Å². The first-order chi connectivity index (χ1) is 16.2. The molecule has 4 rings (SSSR count). The van der Waals surface area contributed by atoms with Crippen LogP contribution in [0.3, 0.4) is 0 Å². The third-order valence-corrected chi connectivity index (χ3v) is 8.92. The van der Waals surface area contributed by atoms with Gasteiger partial charge >= 0.3 is 0 Å². The monoisotopic (exact) mass is 533 g/mol. The maximum atomic E-state index is 13.3. The predicted molar refractivity (Wildman–Crippen MR) is 138 cm³/mol. The van der Waals surface area contributed by atoms with Crippen LogP contribution in [0.1, 0.15) is 29.8 Å². The molecule has 1 heterocycles. The van der Waals surface area contributed by atoms with Gasteiger partial charge in [0.2, 0.25) is 10.0 Å². The number of nitrogens with one attached hydrogen (secondary N) is 1. The zero-order valence-corrected chi connectivity index (χ0v) is 21.5. The van der Waals surface area contributed by atoms with E-state index in [0.717, 1.165) is 5.56 Å². The molecule has 0 aliphatic heterocycles. The summed E-state index contributed by atoms with van der Waals surface area (Å²) in [5, 5.41) is 4.01. The number of aromatic nitrogens is 1. The van der Waals surface area contributed by atoms with Crippen molar-refractivity contribution in [3.63, 3.8) is 0 Å². The van der Waals surface area contributed by atoms with Gasteiger partial charge in [-0.15, -0.1) is 0 Å². The van der Waals surface area contributed by atoms with Gasteiger partial charge in [-0.1, -0.05) is 64.9 Å². The van der Waals surface area contributed by atoms with Gasteiger partial charge in [0.15, 0.2) is 5.13 Å². The van der Waals surface area contributed by atoms with Gasteiger partial charge in [-0.2, -0.15) is 4.31 Å². The van der Waals surface area contributed by atoms with Crippen molar-refractivity contribution in [1.29, 1.82) is 0 Å². The van der Waals surface area contributed by atoms with E-state index >= 15 is 0 Å². The van der Waals surface area contributed by atoms with E-state index in [1.54, 1.807) is 12.1 Å². The number of carbonyl (C=O) groups is 1. The van der Waals surface area contributed by atoms with E-state index in [9.17, 15) is 13.2 Å². The largest absolute Gasteiger partial charge is 0.298 e. The summed E-state index contributed by atoms with van der Waals surface area (Å²) in [7, 11) is -3.76. The fraction of sp³-hybridized carbons (Fsp3) is 0.167. The molecule has 4 aromatic rings. The molecule has 1 aromatic heterocycles. The highest BCUT2D eigenvalue weighted by atomic mass is 35.5. The maximum Gasteiger partial charge on any atom is 0.257 e. The van der Waals surface area contributed by atoms with Crippen LogP contribution in [0.5, 0.6) is 0 Å². The number of benzene rings is 3. The first kappa shape index (κ1) is 24.6. The SMILES string of the molecule is CC(C)N(Cc1ccccc1)S(=O)(=O)c1ccc(C(=O)Nc2nc3c(Cl)ccc(Cl)c3s2)cc1. The molecule has 10 heteroatoms. The van der Waals surface area contributed by atoms with Crippen LogP contribution >= 0.6 is 34.5 Å².